The zero-order valence-electron chi connectivity index (χ0n) is 11.4. The highest BCUT2D eigenvalue weighted by atomic mass is 16.1. The van der Waals surface area contributed by atoms with Crippen LogP contribution in [0, 0.1) is 6.92 Å². The topological polar surface area (TPSA) is 80.0 Å². The number of aryl methyl sites for hydroxylation is 1. The Morgan fingerprint density at radius 2 is 2.20 bits per heavy atom. The van der Waals surface area contributed by atoms with Crippen molar-refractivity contribution in [3.8, 4) is 0 Å². The van der Waals surface area contributed by atoms with Crippen molar-refractivity contribution >= 4 is 11.6 Å². The van der Waals surface area contributed by atoms with Crippen LogP contribution in [-0.4, -0.2) is 17.4 Å². The molecular formula is C15H18N4O. The largest absolute Gasteiger partial charge is 0.352 e. The standard InChI is InChI=1S/C15H18N4O/c1-11-9-13(19-16)4-5-14(11)15(20)18-8-6-12-3-2-7-17-10-12/h2-5,7,9-10,19H,6,8,16H2,1H3,(H,18,20). The van der Waals surface area contributed by atoms with Gasteiger partial charge in [-0.05, 0) is 48.7 Å². The van der Waals surface area contributed by atoms with Crippen molar-refractivity contribution in [2.75, 3.05) is 12.0 Å². The Kier molecular flexibility index (Phi) is 4.68. The quantitative estimate of drug-likeness (QED) is 0.570. The van der Waals surface area contributed by atoms with E-state index in [4.69, 9.17) is 5.84 Å². The summed E-state index contributed by atoms with van der Waals surface area (Å²) < 4.78 is 0. The van der Waals surface area contributed by atoms with E-state index in [0.29, 0.717) is 12.1 Å². The van der Waals surface area contributed by atoms with E-state index in [0.717, 1.165) is 23.2 Å². The van der Waals surface area contributed by atoms with Crippen molar-refractivity contribution in [1.29, 1.82) is 0 Å². The third-order valence-electron chi connectivity index (χ3n) is 3.06. The van der Waals surface area contributed by atoms with Crippen LogP contribution in [0.1, 0.15) is 21.5 Å². The molecule has 0 aliphatic carbocycles. The fraction of sp³-hybridized carbons (Fsp3) is 0.200. The molecule has 0 saturated carbocycles. The smallest absolute Gasteiger partial charge is 0.251 e. The first-order chi connectivity index (χ1) is 9.70. The number of nitrogens with one attached hydrogen (secondary N) is 2. The second-order valence-corrected chi connectivity index (χ2v) is 4.54. The highest BCUT2D eigenvalue weighted by molar-refractivity contribution is 5.96. The number of anilines is 1. The Morgan fingerprint density at radius 3 is 2.85 bits per heavy atom. The van der Waals surface area contributed by atoms with E-state index >= 15 is 0 Å². The van der Waals surface area contributed by atoms with Gasteiger partial charge in [-0.2, -0.15) is 0 Å². The van der Waals surface area contributed by atoms with Gasteiger partial charge < -0.3 is 10.7 Å². The maximum atomic E-state index is 12.1. The number of amides is 1. The molecule has 20 heavy (non-hydrogen) atoms. The molecule has 0 aliphatic heterocycles. The highest BCUT2D eigenvalue weighted by Gasteiger charge is 2.08. The lowest BCUT2D eigenvalue weighted by atomic mass is 10.1. The first kappa shape index (κ1) is 14.0. The average molecular weight is 270 g/mol. The van der Waals surface area contributed by atoms with Crippen molar-refractivity contribution in [1.82, 2.24) is 10.3 Å². The molecule has 5 heteroatoms. The maximum Gasteiger partial charge on any atom is 0.251 e. The number of nitrogens with zero attached hydrogens (tertiary/aromatic N) is 1. The van der Waals surface area contributed by atoms with Gasteiger partial charge in [0.2, 0.25) is 0 Å². The maximum absolute atomic E-state index is 12.1. The number of carbonyl (C=O) groups excluding carboxylic acids is 1. The summed E-state index contributed by atoms with van der Waals surface area (Å²) in [5.74, 6) is 5.26. The van der Waals surface area contributed by atoms with Crippen molar-refractivity contribution in [2.24, 2.45) is 5.84 Å². The summed E-state index contributed by atoms with van der Waals surface area (Å²) in [6.07, 6.45) is 4.30. The fourth-order valence-electron chi connectivity index (χ4n) is 1.97. The summed E-state index contributed by atoms with van der Waals surface area (Å²) >= 11 is 0. The minimum atomic E-state index is -0.0741. The van der Waals surface area contributed by atoms with Gasteiger partial charge in [0, 0.05) is 30.2 Å². The molecule has 4 N–H and O–H groups in total. The van der Waals surface area contributed by atoms with Gasteiger partial charge in [0.05, 0.1) is 0 Å². The average Bonchev–Trinajstić information content (AvgIpc) is 2.48. The van der Waals surface area contributed by atoms with Crippen LogP contribution in [0.2, 0.25) is 0 Å². The second kappa shape index (κ2) is 6.68. The van der Waals surface area contributed by atoms with Gasteiger partial charge >= 0.3 is 0 Å². The van der Waals surface area contributed by atoms with Crippen molar-refractivity contribution in [3.63, 3.8) is 0 Å². The number of hydrogen-bond donors (Lipinski definition) is 3. The molecule has 1 aromatic heterocycles. The lowest BCUT2D eigenvalue weighted by Crippen LogP contribution is -2.26. The van der Waals surface area contributed by atoms with Crippen LogP contribution in [-0.2, 0) is 6.42 Å². The fourth-order valence-corrected chi connectivity index (χ4v) is 1.97. The first-order valence-electron chi connectivity index (χ1n) is 6.45. The van der Waals surface area contributed by atoms with Gasteiger partial charge in [-0.25, -0.2) is 0 Å². The van der Waals surface area contributed by atoms with Gasteiger partial charge in [-0.3, -0.25) is 15.6 Å². The molecule has 2 aromatic rings. The number of hydrazine groups is 1. The zero-order valence-corrected chi connectivity index (χ0v) is 11.4. The first-order valence-corrected chi connectivity index (χ1v) is 6.45. The third-order valence-corrected chi connectivity index (χ3v) is 3.06. The van der Waals surface area contributed by atoms with E-state index in [2.05, 4.69) is 15.7 Å². The van der Waals surface area contributed by atoms with Crippen molar-refractivity contribution in [3.05, 3.63) is 59.4 Å². The van der Waals surface area contributed by atoms with Crippen molar-refractivity contribution < 1.29 is 4.79 Å². The van der Waals surface area contributed by atoms with Gasteiger partial charge in [-0.15, -0.1) is 0 Å². The Hall–Kier alpha value is -2.40. The Labute approximate surface area is 118 Å². The summed E-state index contributed by atoms with van der Waals surface area (Å²) in [5.41, 5.74) is 6.00. The Bertz CT molecular complexity index is 584. The van der Waals surface area contributed by atoms with E-state index in [-0.39, 0.29) is 5.91 Å². The normalized spacial score (nSPS) is 10.1. The molecule has 0 radical (unpaired) electrons. The second-order valence-electron chi connectivity index (χ2n) is 4.54. The molecule has 0 bridgehead atoms. The van der Waals surface area contributed by atoms with E-state index in [1.807, 2.05) is 25.1 Å². The number of nitrogens with two attached hydrogens (primary N) is 1. The minimum Gasteiger partial charge on any atom is -0.352 e. The molecule has 0 atom stereocenters. The highest BCUT2D eigenvalue weighted by Crippen LogP contribution is 2.14. The molecule has 2 rings (SSSR count). The number of hydrogen-bond acceptors (Lipinski definition) is 4. The number of rotatable bonds is 5. The molecule has 0 aliphatic rings. The van der Waals surface area contributed by atoms with Gasteiger partial charge in [0.15, 0.2) is 0 Å². The summed E-state index contributed by atoms with van der Waals surface area (Å²) in [7, 11) is 0. The Morgan fingerprint density at radius 1 is 1.35 bits per heavy atom. The predicted octanol–water partition coefficient (Wildman–Crippen LogP) is 1.65. The van der Waals surface area contributed by atoms with Gasteiger partial charge in [0.1, 0.15) is 0 Å². The molecule has 1 aromatic carbocycles. The SMILES string of the molecule is Cc1cc(NN)ccc1C(=O)NCCc1cccnc1. The lowest BCUT2D eigenvalue weighted by Gasteiger charge is -2.09. The summed E-state index contributed by atoms with van der Waals surface area (Å²) in [5, 5.41) is 2.91. The third kappa shape index (κ3) is 3.55. The van der Waals surface area contributed by atoms with Crippen LogP contribution in [0.25, 0.3) is 0 Å². The molecule has 0 spiro atoms. The van der Waals surface area contributed by atoms with E-state index < -0.39 is 0 Å². The van der Waals surface area contributed by atoms with Crippen LogP contribution < -0.4 is 16.6 Å². The molecule has 1 heterocycles. The monoisotopic (exact) mass is 270 g/mol. The Balaban J connectivity index is 1.92. The van der Waals surface area contributed by atoms with Crippen molar-refractivity contribution in [2.45, 2.75) is 13.3 Å². The molecule has 0 fully saturated rings. The predicted molar refractivity (Wildman–Crippen MR) is 79.3 cm³/mol. The van der Waals surface area contributed by atoms with Crippen LogP contribution >= 0.6 is 0 Å². The van der Waals surface area contributed by atoms with Crippen LogP contribution in [0.5, 0.6) is 0 Å². The number of carbonyl (C=O) groups is 1. The molecule has 0 unspecified atom stereocenters. The number of pyridine rings is 1. The summed E-state index contributed by atoms with van der Waals surface area (Å²) in [6.45, 7) is 2.47. The molecule has 1 amide bonds. The number of benzene rings is 1. The lowest BCUT2D eigenvalue weighted by molar-refractivity contribution is 0.0953. The molecule has 5 nitrogen and oxygen atoms in total. The summed E-state index contributed by atoms with van der Waals surface area (Å²) in [4.78, 5) is 16.1. The summed E-state index contributed by atoms with van der Waals surface area (Å²) in [6, 6.07) is 9.27. The van der Waals surface area contributed by atoms with Gasteiger partial charge in [-0.1, -0.05) is 6.07 Å². The van der Waals surface area contributed by atoms with E-state index in [1.54, 1.807) is 24.5 Å². The van der Waals surface area contributed by atoms with E-state index in [1.165, 1.54) is 0 Å². The number of nitrogen functional groups attached to an aromatic ring is 1. The van der Waals surface area contributed by atoms with E-state index in [9.17, 15) is 4.79 Å². The number of aromatic nitrogens is 1. The molecular weight excluding hydrogens is 252 g/mol. The zero-order chi connectivity index (χ0) is 14.4. The van der Waals surface area contributed by atoms with Gasteiger partial charge in [0.25, 0.3) is 5.91 Å². The molecule has 0 saturated heterocycles. The molecule has 104 valence electrons. The van der Waals surface area contributed by atoms with Crippen LogP contribution in [0.3, 0.4) is 0 Å². The van der Waals surface area contributed by atoms with Crippen LogP contribution in [0.15, 0.2) is 42.7 Å². The minimum absolute atomic E-state index is 0.0741. The van der Waals surface area contributed by atoms with Crippen LogP contribution in [0.4, 0.5) is 5.69 Å².